The fourth-order valence-corrected chi connectivity index (χ4v) is 2.37. The zero-order valence-electron chi connectivity index (χ0n) is 12.5. The Morgan fingerprint density at radius 2 is 1.56 bits per heavy atom. The van der Waals surface area contributed by atoms with E-state index in [1.807, 2.05) is 0 Å². The van der Waals surface area contributed by atoms with Gasteiger partial charge < -0.3 is 0 Å². The summed E-state index contributed by atoms with van der Waals surface area (Å²) in [5, 5.41) is 2.52. The SMILES string of the molecule is O=C(c1c(-c2ccc(F)cc2)[nH]n(-c2ccccc2)c1=O)C(F)(F)F. The Bertz CT molecular complexity index is 971. The smallest absolute Gasteiger partial charge is 0.290 e. The van der Waals surface area contributed by atoms with Crippen LogP contribution in [0.1, 0.15) is 10.4 Å². The molecule has 0 saturated carbocycles. The zero-order valence-corrected chi connectivity index (χ0v) is 12.5. The largest absolute Gasteiger partial charge is 0.455 e. The molecule has 3 aromatic rings. The van der Waals surface area contributed by atoms with Gasteiger partial charge in [-0.15, -0.1) is 0 Å². The van der Waals surface area contributed by atoms with E-state index in [4.69, 9.17) is 0 Å². The Kier molecular flexibility index (Phi) is 4.03. The number of hydrogen-bond acceptors (Lipinski definition) is 2. The number of H-pyrrole nitrogens is 1. The number of para-hydroxylation sites is 1. The molecule has 25 heavy (non-hydrogen) atoms. The monoisotopic (exact) mass is 350 g/mol. The van der Waals surface area contributed by atoms with Crippen molar-refractivity contribution in [2.24, 2.45) is 0 Å². The molecule has 0 aliphatic heterocycles. The number of nitrogens with one attached hydrogen (secondary N) is 1. The van der Waals surface area contributed by atoms with Crippen molar-refractivity contribution < 1.29 is 22.4 Å². The number of Topliss-reactive ketones (excluding diaryl/α,β-unsaturated/α-hetero) is 1. The summed E-state index contributed by atoms with van der Waals surface area (Å²) in [7, 11) is 0. The Labute approximate surface area is 138 Å². The molecular weight excluding hydrogens is 340 g/mol. The third-order valence-corrected chi connectivity index (χ3v) is 3.52. The standard InChI is InChI=1S/C17H10F4N2O2/c18-11-8-6-10(7-9-11)14-13(15(24)17(19,20)21)16(25)23(22-14)12-4-2-1-3-5-12/h1-9,22H. The summed E-state index contributed by atoms with van der Waals surface area (Å²) in [6.45, 7) is 0. The van der Waals surface area contributed by atoms with Gasteiger partial charge in [0.15, 0.2) is 0 Å². The van der Waals surface area contributed by atoms with Gasteiger partial charge in [0.05, 0.1) is 11.4 Å². The lowest BCUT2D eigenvalue weighted by Gasteiger charge is -2.05. The maximum absolute atomic E-state index is 13.1. The first-order valence-corrected chi connectivity index (χ1v) is 7.07. The summed E-state index contributed by atoms with van der Waals surface area (Å²) in [5.74, 6) is -2.86. The van der Waals surface area contributed by atoms with Gasteiger partial charge in [-0.05, 0) is 36.4 Å². The molecule has 0 fully saturated rings. The number of hydrogen-bond donors (Lipinski definition) is 1. The fourth-order valence-electron chi connectivity index (χ4n) is 2.37. The Morgan fingerprint density at radius 1 is 0.960 bits per heavy atom. The number of nitrogens with zero attached hydrogens (tertiary/aromatic N) is 1. The van der Waals surface area contributed by atoms with Gasteiger partial charge in [-0.3, -0.25) is 14.7 Å². The van der Waals surface area contributed by atoms with Crippen LogP contribution in [0.25, 0.3) is 16.9 Å². The molecule has 128 valence electrons. The molecule has 1 aromatic heterocycles. The number of benzene rings is 2. The van der Waals surface area contributed by atoms with E-state index in [0.29, 0.717) is 0 Å². The van der Waals surface area contributed by atoms with Crippen LogP contribution in [0.4, 0.5) is 17.6 Å². The van der Waals surface area contributed by atoms with Gasteiger partial charge in [0, 0.05) is 5.56 Å². The summed E-state index contributed by atoms with van der Waals surface area (Å²) in [4.78, 5) is 24.2. The van der Waals surface area contributed by atoms with Crippen LogP contribution in [0.2, 0.25) is 0 Å². The number of rotatable bonds is 3. The minimum absolute atomic E-state index is 0.0841. The van der Waals surface area contributed by atoms with Crippen molar-refractivity contribution >= 4 is 5.78 Å². The van der Waals surface area contributed by atoms with Crippen LogP contribution < -0.4 is 5.56 Å². The van der Waals surface area contributed by atoms with Gasteiger partial charge in [-0.25, -0.2) is 9.07 Å². The summed E-state index contributed by atoms with van der Waals surface area (Å²) < 4.78 is 52.7. The second kappa shape index (κ2) is 6.04. The predicted octanol–water partition coefficient (Wildman–Crippen LogP) is 3.72. The van der Waals surface area contributed by atoms with E-state index >= 15 is 0 Å². The quantitative estimate of drug-likeness (QED) is 0.578. The lowest BCUT2D eigenvalue weighted by Crippen LogP contribution is -2.29. The van der Waals surface area contributed by atoms with Crippen LogP contribution in [-0.2, 0) is 0 Å². The van der Waals surface area contributed by atoms with E-state index in [9.17, 15) is 27.2 Å². The van der Waals surface area contributed by atoms with E-state index in [0.717, 1.165) is 16.8 Å². The predicted molar refractivity (Wildman–Crippen MR) is 82.2 cm³/mol. The number of aromatic nitrogens is 2. The molecule has 0 amide bonds. The van der Waals surface area contributed by atoms with Crippen LogP contribution in [-0.4, -0.2) is 21.7 Å². The first kappa shape index (κ1) is 16.7. The van der Waals surface area contributed by atoms with E-state index in [1.165, 1.54) is 24.3 Å². The van der Waals surface area contributed by atoms with Crippen molar-refractivity contribution in [1.29, 1.82) is 0 Å². The summed E-state index contributed by atoms with van der Waals surface area (Å²) in [6, 6.07) is 12.2. The summed E-state index contributed by atoms with van der Waals surface area (Å²) >= 11 is 0. The second-order valence-corrected chi connectivity index (χ2v) is 5.17. The summed E-state index contributed by atoms with van der Waals surface area (Å²) in [5.41, 5.74) is -2.15. The normalized spacial score (nSPS) is 11.5. The van der Waals surface area contributed by atoms with E-state index in [1.54, 1.807) is 18.2 Å². The van der Waals surface area contributed by atoms with E-state index < -0.39 is 28.9 Å². The Balaban J connectivity index is 2.28. The highest BCUT2D eigenvalue weighted by Gasteiger charge is 2.43. The van der Waals surface area contributed by atoms with E-state index in [2.05, 4.69) is 5.10 Å². The third-order valence-electron chi connectivity index (χ3n) is 3.52. The highest BCUT2D eigenvalue weighted by atomic mass is 19.4. The van der Waals surface area contributed by atoms with Gasteiger partial charge in [0.2, 0.25) is 0 Å². The molecular formula is C17H10F4N2O2. The molecule has 0 bridgehead atoms. The molecule has 0 radical (unpaired) electrons. The van der Waals surface area contributed by atoms with Crippen molar-refractivity contribution in [2.75, 3.05) is 0 Å². The topological polar surface area (TPSA) is 54.9 Å². The first-order valence-electron chi connectivity index (χ1n) is 7.07. The molecule has 2 aromatic carbocycles. The zero-order chi connectivity index (χ0) is 18.2. The van der Waals surface area contributed by atoms with Crippen LogP contribution >= 0.6 is 0 Å². The average molecular weight is 350 g/mol. The molecule has 0 unspecified atom stereocenters. The van der Waals surface area contributed by atoms with Crippen molar-refractivity contribution in [3.63, 3.8) is 0 Å². The molecule has 0 saturated heterocycles. The third kappa shape index (κ3) is 3.10. The highest BCUT2D eigenvalue weighted by molar-refractivity contribution is 6.04. The van der Waals surface area contributed by atoms with E-state index in [-0.39, 0.29) is 16.9 Å². The minimum atomic E-state index is -5.22. The second-order valence-electron chi connectivity index (χ2n) is 5.17. The molecule has 4 nitrogen and oxygen atoms in total. The molecule has 0 aliphatic carbocycles. The van der Waals surface area contributed by atoms with Crippen molar-refractivity contribution in [2.45, 2.75) is 6.18 Å². The molecule has 3 rings (SSSR count). The van der Waals surface area contributed by atoms with Crippen molar-refractivity contribution in [3.05, 3.63) is 76.3 Å². The number of alkyl halides is 3. The highest BCUT2D eigenvalue weighted by Crippen LogP contribution is 2.27. The Hall–Kier alpha value is -3.16. The van der Waals surface area contributed by atoms with Crippen LogP contribution in [0.5, 0.6) is 0 Å². The van der Waals surface area contributed by atoms with Gasteiger partial charge in [0.1, 0.15) is 11.4 Å². The average Bonchev–Trinajstić information content (AvgIpc) is 2.92. The lowest BCUT2D eigenvalue weighted by molar-refractivity contribution is -0.0885. The summed E-state index contributed by atoms with van der Waals surface area (Å²) in [6.07, 6.45) is -5.22. The molecule has 1 heterocycles. The van der Waals surface area contributed by atoms with Crippen LogP contribution in [0.3, 0.4) is 0 Å². The number of halogens is 4. The first-order chi connectivity index (χ1) is 11.8. The van der Waals surface area contributed by atoms with Gasteiger partial charge >= 0.3 is 6.18 Å². The maximum Gasteiger partial charge on any atom is 0.455 e. The molecule has 0 aliphatic rings. The van der Waals surface area contributed by atoms with Crippen molar-refractivity contribution in [3.8, 4) is 16.9 Å². The van der Waals surface area contributed by atoms with Crippen LogP contribution in [0, 0.1) is 5.82 Å². The number of carbonyl (C=O) groups is 1. The fraction of sp³-hybridized carbons (Fsp3) is 0.0588. The lowest BCUT2D eigenvalue weighted by atomic mass is 10.0. The van der Waals surface area contributed by atoms with Gasteiger partial charge in [0.25, 0.3) is 11.3 Å². The molecule has 0 spiro atoms. The number of carbonyl (C=O) groups excluding carboxylic acids is 1. The maximum atomic E-state index is 13.1. The number of ketones is 1. The van der Waals surface area contributed by atoms with Crippen molar-refractivity contribution in [1.82, 2.24) is 9.78 Å². The number of aromatic amines is 1. The molecule has 1 N–H and O–H groups in total. The van der Waals surface area contributed by atoms with Gasteiger partial charge in [-0.2, -0.15) is 13.2 Å². The molecule has 0 atom stereocenters. The molecule has 8 heteroatoms. The Morgan fingerprint density at radius 3 is 2.12 bits per heavy atom. The minimum Gasteiger partial charge on any atom is -0.290 e. The van der Waals surface area contributed by atoms with Gasteiger partial charge in [-0.1, -0.05) is 18.2 Å². The van der Waals surface area contributed by atoms with Crippen LogP contribution in [0.15, 0.2) is 59.4 Å².